The van der Waals surface area contributed by atoms with Crippen molar-refractivity contribution in [1.29, 1.82) is 0 Å². The lowest BCUT2D eigenvalue weighted by Gasteiger charge is -2.33. The van der Waals surface area contributed by atoms with Gasteiger partial charge in [0.25, 0.3) is 0 Å². The van der Waals surface area contributed by atoms with Gasteiger partial charge in [-0.15, -0.1) is 12.4 Å². The lowest BCUT2D eigenvalue weighted by molar-refractivity contribution is 0.147. The standard InChI is InChI=1S/C15H22BrFN2O.ClH/c1-11(18)12-2-4-19(5-3-12)6-7-20-15-9-13(16)8-14(17)10-15;/h8-12H,2-7,18H2,1H3;1H. The first-order valence-electron chi connectivity index (χ1n) is 7.11. The van der Waals surface area contributed by atoms with Gasteiger partial charge in [0.05, 0.1) is 0 Å². The molecule has 1 aliphatic heterocycles. The van der Waals surface area contributed by atoms with Crippen LogP contribution in [0, 0.1) is 11.7 Å². The van der Waals surface area contributed by atoms with Gasteiger partial charge < -0.3 is 10.5 Å². The number of hydrogen-bond acceptors (Lipinski definition) is 3. The van der Waals surface area contributed by atoms with Crippen molar-refractivity contribution in [3.8, 4) is 5.75 Å². The topological polar surface area (TPSA) is 38.5 Å². The van der Waals surface area contributed by atoms with Crippen LogP contribution in [-0.2, 0) is 0 Å². The molecule has 0 aromatic heterocycles. The third-order valence-electron chi connectivity index (χ3n) is 3.89. The molecule has 1 atom stereocenters. The molecule has 1 unspecified atom stereocenters. The molecule has 0 bridgehead atoms. The number of nitrogens with zero attached hydrogens (tertiary/aromatic N) is 1. The third-order valence-corrected chi connectivity index (χ3v) is 4.35. The number of rotatable bonds is 5. The highest BCUT2D eigenvalue weighted by molar-refractivity contribution is 9.10. The van der Waals surface area contributed by atoms with Gasteiger partial charge in [0.15, 0.2) is 0 Å². The molecule has 1 aliphatic rings. The molecule has 1 fully saturated rings. The summed E-state index contributed by atoms with van der Waals surface area (Å²) in [6.07, 6.45) is 2.31. The molecular weight excluding hydrogens is 359 g/mol. The highest BCUT2D eigenvalue weighted by Gasteiger charge is 2.21. The average molecular weight is 382 g/mol. The summed E-state index contributed by atoms with van der Waals surface area (Å²) in [5.74, 6) is 0.931. The number of piperidine rings is 1. The first kappa shape index (κ1) is 18.7. The summed E-state index contributed by atoms with van der Waals surface area (Å²) in [5, 5.41) is 0. The van der Waals surface area contributed by atoms with Gasteiger partial charge in [-0.2, -0.15) is 0 Å². The molecule has 0 amide bonds. The second kappa shape index (κ2) is 8.93. The van der Waals surface area contributed by atoms with Gasteiger partial charge in [-0.1, -0.05) is 15.9 Å². The van der Waals surface area contributed by atoms with E-state index in [0.717, 1.165) is 32.5 Å². The number of benzene rings is 1. The summed E-state index contributed by atoms with van der Waals surface area (Å²) in [6.45, 7) is 5.69. The Kier molecular flexibility index (Phi) is 7.95. The van der Waals surface area contributed by atoms with E-state index in [9.17, 15) is 4.39 Å². The Morgan fingerprint density at radius 2 is 2.05 bits per heavy atom. The molecular formula is C15H23BrClFN2O. The quantitative estimate of drug-likeness (QED) is 0.849. The van der Waals surface area contributed by atoms with E-state index in [1.165, 1.54) is 12.1 Å². The van der Waals surface area contributed by atoms with E-state index in [1.807, 2.05) is 0 Å². The molecule has 120 valence electrons. The summed E-state index contributed by atoms with van der Waals surface area (Å²) in [7, 11) is 0. The largest absolute Gasteiger partial charge is 0.492 e. The average Bonchev–Trinajstić information content (AvgIpc) is 2.38. The molecule has 2 rings (SSSR count). The van der Waals surface area contributed by atoms with Gasteiger partial charge in [-0.05, 0) is 50.9 Å². The first-order chi connectivity index (χ1) is 9.54. The van der Waals surface area contributed by atoms with Crippen molar-refractivity contribution in [2.24, 2.45) is 11.7 Å². The second-order valence-electron chi connectivity index (χ2n) is 5.49. The zero-order valence-corrected chi connectivity index (χ0v) is 14.6. The van der Waals surface area contributed by atoms with Crippen molar-refractivity contribution in [2.45, 2.75) is 25.8 Å². The molecule has 0 spiro atoms. The zero-order chi connectivity index (χ0) is 14.5. The van der Waals surface area contributed by atoms with Gasteiger partial charge in [-0.3, -0.25) is 4.90 Å². The first-order valence-corrected chi connectivity index (χ1v) is 7.91. The van der Waals surface area contributed by atoms with Crippen molar-refractivity contribution in [3.63, 3.8) is 0 Å². The van der Waals surface area contributed by atoms with Gasteiger partial charge >= 0.3 is 0 Å². The molecule has 0 aliphatic carbocycles. The Hall–Kier alpha value is -0.360. The van der Waals surface area contributed by atoms with E-state index in [2.05, 4.69) is 27.8 Å². The fourth-order valence-corrected chi connectivity index (χ4v) is 3.05. The van der Waals surface area contributed by atoms with Crippen LogP contribution in [0.25, 0.3) is 0 Å². The van der Waals surface area contributed by atoms with Gasteiger partial charge in [-0.25, -0.2) is 4.39 Å². The van der Waals surface area contributed by atoms with E-state index < -0.39 is 0 Å². The van der Waals surface area contributed by atoms with Crippen molar-refractivity contribution < 1.29 is 9.13 Å². The molecule has 1 saturated heterocycles. The SMILES string of the molecule is CC(N)C1CCN(CCOc2cc(F)cc(Br)c2)CC1.Cl. The highest BCUT2D eigenvalue weighted by Crippen LogP contribution is 2.21. The number of ether oxygens (including phenoxy) is 1. The summed E-state index contributed by atoms with van der Waals surface area (Å²) in [4.78, 5) is 2.38. The van der Waals surface area contributed by atoms with Crippen LogP contribution >= 0.6 is 28.3 Å². The van der Waals surface area contributed by atoms with E-state index in [1.54, 1.807) is 6.07 Å². The summed E-state index contributed by atoms with van der Waals surface area (Å²) >= 11 is 3.26. The Labute approximate surface area is 140 Å². The lowest BCUT2D eigenvalue weighted by Crippen LogP contribution is -2.41. The Bertz CT molecular complexity index is 419. The van der Waals surface area contributed by atoms with Gasteiger partial charge in [0.2, 0.25) is 0 Å². The molecule has 6 heteroatoms. The summed E-state index contributed by atoms with van der Waals surface area (Å²) in [5.41, 5.74) is 5.93. The smallest absolute Gasteiger partial charge is 0.128 e. The highest BCUT2D eigenvalue weighted by atomic mass is 79.9. The Morgan fingerprint density at radius 1 is 1.38 bits per heavy atom. The van der Waals surface area contributed by atoms with E-state index in [0.29, 0.717) is 22.7 Å². The zero-order valence-electron chi connectivity index (χ0n) is 12.2. The summed E-state index contributed by atoms with van der Waals surface area (Å²) < 4.78 is 19.5. The number of halogens is 3. The second-order valence-corrected chi connectivity index (χ2v) is 6.41. The number of hydrogen-bond donors (Lipinski definition) is 1. The van der Waals surface area contributed by atoms with E-state index >= 15 is 0 Å². The minimum absolute atomic E-state index is 0. The molecule has 2 N–H and O–H groups in total. The van der Waals surface area contributed by atoms with Crippen LogP contribution < -0.4 is 10.5 Å². The molecule has 21 heavy (non-hydrogen) atoms. The molecule has 1 aromatic rings. The predicted octanol–water partition coefficient (Wildman–Crippen LogP) is 3.45. The van der Waals surface area contributed by atoms with Crippen LogP contribution in [0.1, 0.15) is 19.8 Å². The van der Waals surface area contributed by atoms with Crippen LogP contribution in [0.4, 0.5) is 4.39 Å². The van der Waals surface area contributed by atoms with Crippen molar-refractivity contribution in [2.75, 3.05) is 26.2 Å². The maximum absolute atomic E-state index is 13.2. The van der Waals surface area contributed by atoms with E-state index in [-0.39, 0.29) is 24.3 Å². The van der Waals surface area contributed by atoms with Crippen LogP contribution in [0.15, 0.2) is 22.7 Å². The van der Waals surface area contributed by atoms with Gasteiger partial charge in [0, 0.05) is 23.1 Å². The lowest BCUT2D eigenvalue weighted by atomic mass is 9.91. The minimum atomic E-state index is -0.285. The van der Waals surface area contributed by atoms with Crippen molar-refractivity contribution in [1.82, 2.24) is 4.90 Å². The van der Waals surface area contributed by atoms with Gasteiger partial charge in [0.1, 0.15) is 18.2 Å². The molecule has 1 heterocycles. The van der Waals surface area contributed by atoms with E-state index in [4.69, 9.17) is 10.5 Å². The fourth-order valence-electron chi connectivity index (χ4n) is 2.61. The molecule has 1 aromatic carbocycles. The fraction of sp³-hybridized carbons (Fsp3) is 0.600. The molecule has 0 saturated carbocycles. The maximum atomic E-state index is 13.2. The van der Waals surface area contributed by atoms with Crippen LogP contribution in [0.2, 0.25) is 0 Å². The third kappa shape index (κ3) is 6.10. The monoisotopic (exact) mass is 380 g/mol. The minimum Gasteiger partial charge on any atom is -0.492 e. The number of likely N-dealkylation sites (tertiary alicyclic amines) is 1. The van der Waals surface area contributed by atoms with Crippen LogP contribution in [0.5, 0.6) is 5.75 Å². The maximum Gasteiger partial charge on any atom is 0.128 e. The Morgan fingerprint density at radius 3 is 2.62 bits per heavy atom. The van der Waals surface area contributed by atoms with Crippen molar-refractivity contribution in [3.05, 3.63) is 28.5 Å². The molecule has 0 radical (unpaired) electrons. The predicted molar refractivity (Wildman–Crippen MR) is 89.7 cm³/mol. The number of nitrogens with two attached hydrogens (primary N) is 1. The molecule has 3 nitrogen and oxygen atoms in total. The van der Waals surface area contributed by atoms with Crippen LogP contribution in [-0.4, -0.2) is 37.2 Å². The summed E-state index contributed by atoms with van der Waals surface area (Å²) in [6, 6.07) is 4.91. The Balaban J connectivity index is 0.00000220. The normalized spacial score (nSPS) is 18.1. The van der Waals surface area contributed by atoms with Crippen LogP contribution in [0.3, 0.4) is 0 Å². The van der Waals surface area contributed by atoms with Crippen molar-refractivity contribution >= 4 is 28.3 Å².